The maximum atomic E-state index is 8.89. The molecule has 8 heteroatoms. The molecule has 0 aliphatic rings. The third kappa shape index (κ3) is 1.99. The fourth-order valence-electron chi connectivity index (χ4n) is 1.06. The molecule has 2 heterocycles. The van der Waals surface area contributed by atoms with E-state index in [0.29, 0.717) is 10.8 Å². The van der Waals surface area contributed by atoms with Gasteiger partial charge in [-0.3, -0.25) is 0 Å². The molecule has 76 valence electrons. The van der Waals surface area contributed by atoms with Crippen molar-refractivity contribution < 1.29 is 10.0 Å². The van der Waals surface area contributed by atoms with Gasteiger partial charge in [0.15, 0.2) is 5.82 Å². The molecular weight excluding hydrogens is 218 g/mol. The summed E-state index contributed by atoms with van der Waals surface area (Å²) in [6.07, 6.45) is 5.51. The Morgan fingerprint density at radius 1 is 1.33 bits per heavy atom. The summed E-state index contributed by atoms with van der Waals surface area (Å²) in [5.74, 6) is 0.388. The Bertz CT molecular complexity index is 476. The Kier molecular flexibility index (Phi) is 2.67. The minimum absolute atomic E-state index is 0.268. The van der Waals surface area contributed by atoms with Crippen LogP contribution in [-0.2, 0) is 0 Å². The van der Waals surface area contributed by atoms with Crippen LogP contribution in [0, 0.1) is 0 Å². The highest BCUT2D eigenvalue weighted by Crippen LogP contribution is 2.13. The van der Waals surface area contributed by atoms with Gasteiger partial charge in [-0.15, -0.1) is 0 Å². The van der Waals surface area contributed by atoms with Gasteiger partial charge in [-0.1, -0.05) is 11.6 Å². The van der Waals surface area contributed by atoms with Crippen LogP contribution >= 0.6 is 11.6 Å². The van der Waals surface area contributed by atoms with E-state index in [1.165, 1.54) is 29.6 Å². The highest BCUT2D eigenvalue weighted by molar-refractivity contribution is 6.58. The molecule has 2 aromatic heterocycles. The zero-order valence-electron chi connectivity index (χ0n) is 7.45. The number of hydrogen-bond donors (Lipinski definition) is 2. The van der Waals surface area contributed by atoms with Crippen molar-refractivity contribution in [2.45, 2.75) is 0 Å². The molecule has 0 aliphatic heterocycles. The van der Waals surface area contributed by atoms with Gasteiger partial charge in [0.2, 0.25) is 0 Å². The van der Waals surface area contributed by atoms with E-state index in [9.17, 15) is 0 Å². The fraction of sp³-hybridized carbons (Fsp3) is 0. The predicted octanol–water partition coefficient (Wildman–Crippen LogP) is -1.00. The molecule has 0 aliphatic carbocycles. The molecule has 0 bridgehead atoms. The Morgan fingerprint density at radius 3 is 2.73 bits per heavy atom. The molecule has 0 saturated heterocycles. The summed E-state index contributed by atoms with van der Waals surface area (Å²) in [4.78, 5) is 7.64. The van der Waals surface area contributed by atoms with Crippen LogP contribution in [0.2, 0.25) is 5.02 Å². The highest BCUT2D eigenvalue weighted by Gasteiger charge is 2.14. The van der Waals surface area contributed by atoms with Crippen LogP contribution < -0.4 is 5.46 Å². The second kappa shape index (κ2) is 3.97. The van der Waals surface area contributed by atoms with E-state index >= 15 is 0 Å². The first-order valence-electron chi connectivity index (χ1n) is 4.05. The number of halogens is 1. The zero-order valence-corrected chi connectivity index (χ0v) is 8.20. The van der Waals surface area contributed by atoms with Crippen LogP contribution in [0.3, 0.4) is 0 Å². The van der Waals surface area contributed by atoms with Gasteiger partial charge < -0.3 is 10.0 Å². The van der Waals surface area contributed by atoms with E-state index in [1.807, 2.05) is 0 Å². The molecule has 0 radical (unpaired) electrons. The predicted molar refractivity (Wildman–Crippen MR) is 54.0 cm³/mol. The summed E-state index contributed by atoms with van der Waals surface area (Å²) in [7, 11) is -1.56. The Labute approximate surface area is 90.3 Å². The van der Waals surface area contributed by atoms with Crippen LogP contribution in [0.5, 0.6) is 0 Å². The van der Waals surface area contributed by atoms with E-state index in [1.54, 1.807) is 0 Å². The molecular formula is C7H6BClN4O2. The second-order valence-corrected chi connectivity index (χ2v) is 3.19. The van der Waals surface area contributed by atoms with Crippen molar-refractivity contribution in [3.63, 3.8) is 0 Å². The highest BCUT2D eigenvalue weighted by atomic mass is 35.5. The first-order valence-corrected chi connectivity index (χ1v) is 4.43. The lowest BCUT2D eigenvalue weighted by Crippen LogP contribution is -2.28. The summed E-state index contributed by atoms with van der Waals surface area (Å²) in [5, 5.41) is 22.0. The molecule has 2 rings (SSSR count). The van der Waals surface area contributed by atoms with Gasteiger partial charge in [0.05, 0.1) is 6.20 Å². The molecule has 2 aromatic rings. The van der Waals surface area contributed by atoms with E-state index < -0.39 is 7.12 Å². The van der Waals surface area contributed by atoms with Gasteiger partial charge in [-0.25, -0.2) is 14.6 Å². The van der Waals surface area contributed by atoms with Crippen molar-refractivity contribution in [2.75, 3.05) is 0 Å². The maximum Gasteiger partial charge on any atom is 0.491 e. The molecule has 2 N–H and O–H groups in total. The average molecular weight is 224 g/mol. The molecule has 0 saturated carbocycles. The van der Waals surface area contributed by atoms with E-state index in [2.05, 4.69) is 15.1 Å². The van der Waals surface area contributed by atoms with Gasteiger partial charge >= 0.3 is 7.12 Å². The van der Waals surface area contributed by atoms with Gasteiger partial charge in [0.1, 0.15) is 11.3 Å². The normalized spacial score (nSPS) is 10.3. The van der Waals surface area contributed by atoms with Gasteiger partial charge in [0, 0.05) is 17.9 Å². The largest absolute Gasteiger partial charge is 0.491 e. The molecule has 0 atom stereocenters. The Morgan fingerprint density at radius 2 is 2.13 bits per heavy atom. The maximum absolute atomic E-state index is 8.89. The van der Waals surface area contributed by atoms with E-state index in [-0.39, 0.29) is 5.46 Å². The van der Waals surface area contributed by atoms with Crippen LogP contribution in [0.25, 0.3) is 5.82 Å². The number of nitrogens with zero attached hydrogens (tertiary/aromatic N) is 4. The van der Waals surface area contributed by atoms with Crippen molar-refractivity contribution in [3.05, 3.63) is 29.9 Å². The third-order valence-corrected chi connectivity index (χ3v) is 2.03. The van der Waals surface area contributed by atoms with Crippen molar-refractivity contribution in [2.24, 2.45) is 0 Å². The van der Waals surface area contributed by atoms with Crippen LogP contribution in [0.15, 0.2) is 24.9 Å². The monoisotopic (exact) mass is 224 g/mol. The molecule has 0 unspecified atom stereocenters. The summed E-state index contributed by atoms with van der Waals surface area (Å²) < 4.78 is 1.35. The van der Waals surface area contributed by atoms with E-state index in [0.717, 1.165) is 0 Å². The van der Waals surface area contributed by atoms with Crippen LogP contribution in [-0.4, -0.2) is 36.9 Å². The van der Waals surface area contributed by atoms with Crippen molar-refractivity contribution in [3.8, 4) is 5.82 Å². The Balaban J connectivity index is 2.42. The molecule has 0 aromatic carbocycles. The number of aromatic nitrogens is 4. The lowest BCUT2D eigenvalue weighted by atomic mass is 9.83. The number of rotatable bonds is 2. The second-order valence-electron chi connectivity index (χ2n) is 2.79. The summed E-state index contributed by atoms with van der Waals surface area (Å²) in [6, 6.07) is 0. The lowest BCUT2D eigenvalue weighted by Gasteiger charge is -2.00. The van der Waals surface area contributed by atoms with Gasteiger partial charge in [-0.05, 0) is 0 Å². The van der Waals surface area contributed by atoms with Gasteiger partial charge in [-0.2, -0.15) is 5.10 Å². The minimum atomic E-state index is -1.56. The van der Waals surface area contributed by atoms with Crippen molar-refractivity contribution in [1.82, 2.24) is 19.7 Å². The summed E-state index contributed by atoms with van der Waals surface area (Å²) in [6.45, 7) is 0. The summed E-state index contributed by atoms with van der Waals surface area (Å²) in [5.41, 5.74) is 0.268. The quantitative estimate of drug-likeness (QED) is 0.639. The van der Waals surface area contributed by atoms with Crippen LogP contribution in [0.4, 0.5) is 0 Å². The van der Waals surface area contributed by atoms with Crippen molar-refractivity contribution in [1.29, 1.82) is 0 Å². The first kappa shape index (κ1) is 10.1. The zero-order chi connectivity index (χ0) is 10.8. The first-order chi connectivity index (χ1) is 7.18. The van der Waals surface area contributed by atoms with Gasteiger partial charge in [0.25, 0.3) is 0 Å². The third-order valence-electron chi connectivity index (χ3n) is 1.77. The lowest BCUT2D eigenvalue weighted by molar-refractivity contribution is 0.426. The summed E-state index contributed by atoms with van der Waals surface area (Å²) >= 11 is 5.84. The molecule has 0 amide bonds. The van der Waals surface area contributed by atoms with Crippen LogP contribution in [0.1, 0.15) is 0 Å². The Hall–Kier alpha value is -1.44. The average Bonchev–Trinajstić information content (AvgIpc) is 2.67. The molecule has 0 fully saturated rings. The minimum Gasteiger partial charge on any atom is -0.423 e. The number of hydrogen-bond acceptors (Lipinski definition) is 5. The SMILES string of the molecule is OB(O)c1cnn(-c2ncncc2Cl)c1. The smallest absolute Gasteiger partial charge is 0.423 e. The molecule has 6 nitrogen and oxygen atoms in total. The standard InChI is InChI=1S/C7H6BClN4O2/c9-6-2-10-4-11-7(6)13-3-5(1-12-13)8(14)15/h1-4,14-15H. The fourth-order valence-corrected chi connectivity index (χ4v) is 1.25. The van der Waals surface area contributed by atoms with E-state index in [4.69, 9.17) is 21.6 Å². The molecule has 15 heavy (non-hydrogen) atoms. The van der Waals surface area contributed by atoms with Crippen molar-refractivity contribution >= 4 is 24.2 Å². The topological polar surface area (TPSA) is 84.1 Å². The molecule has 0 spiro atoms.